The number of ether oxygens (including phenoxy) is 2. The second-order valence-corrected chi connectivity index (χ2v) is 7.31. The summed E-state index contributed by atoms with van der Waals surface area (Å²) in [6, 6.07) is 18.2. The van der Waals surface area contributed by atoms with Crippen molar-refractivity contribution < 1.29 is 9.47 Å². The van der Waals surface area contributed by atoms with E-state index in [4.69, 9.17) is 9.47 Å². The Kier molecular flexibility index (Phi) is 10.1. The van der Waals surface area contributed by atoms with E-state index >= 15 is 0 Å². The molecule has 0 bridgehead atoms. The third kappa shape index (κ3) is 6.97. The van der Waals surface area contributed by atoms with Crippen LogP contribution in [0.2, 0.25) is 0 Å². The third-order valence-corrected chi connectivity index (χ3v) is 5.27. The number of para-hydroxylation sites is 1. The number of nitrogens with one attached hydrogen (secondary N) is 1. The number of anilines is 1. The van der Waals surface area contributed by atoms with E-state index in [1.54, 1.807) is 7.11 Å². The number of nitrogens with zero attached hydrogens (tertiary/aromatic N) is 3. The highest BCUT2D eigenvalue weighted by atomic mass is 127. The molecule has 0 aliphatic carbocycles. The summed E-state index contributed by atoms with van der Waals surface area (Å²) >= 11 is 0. The predicted octanol–water partition coefficient (Wildman–Crippen LogP) is 3.73. The van der Waals surface area contributed by atoms with Crippen LogP contribution in [0.4, 0.5) is 5.69 Å². The van der Waals surface area contributed by atoms with E-state index in [0.717, 1.165) is 43.6 Å². The molecule has 6 nitrogen and oxygen atoms in total. The molecule has 1 N–H and O–H groups in total. The molecule has 1 saturated heterocycles. The fourth-order valence-corrected chi connectivity index (χ4v) is 3.58. The molecule has 0 aromatic heterocycles. The van der Waals surface area contributed by atoms with Crippen molar-refractivity contribution in [2.24, 2.45) is 10.9 Å². The maximum atomic E-state index is 5.79. The zero-order valence-corrected chi connectivity index (χ0v) is 20.4. The molecule has 1 aliphatic rings. The predicted molar refractivity (Wildman–Crippen MR) is 135 cm³/mol. The summed E-state index contributed by atoms with van der Waals surface area (Å²) in [7, 11) is 5.58. The molecule has 0 saturated carbocycles. The summed E-state index contributed by atoms with van der Waals surface area (Å²) in [5.74, 6) is 3.30. The molecule has 2 aromatic carbocycles. The van der Waals surface area contributed by atoms with Crippen molar-refractivity contribution in [1.82, 2.24) is 10.2 Å². The number of benzene rings is 2. The van der Waals surface area contributed by atoms with Gasteiger partial charge in [0.1, 0.15) is 18.1 Å². The monoisotopic (exact) mass is 524 g/mol. The van der Waals surface area contributed by atoms with E-state index in [-0.39, 0.29) is 24.0 Å². The fraction of sp³-hybridized carbons (Fsp3) is 0.435. The zero-order valence-electron chi connectivity index (χ0n) is 18.1. The molecule has 30 heavy (non-hydrogen) atoms. The smallest absolute Gasteiger partial charge is 0.193 e. The topological polar surface area (TPSA) is 49.3 Å². The van der Waals surface area contributed by atoms with Crippen LogP contribution in [0, 0.1) is 5.92 Å². The van der Waals surface area contributed by atoms with E-state index in [1.165, 1.54) is 12.1 Å². The van der Waals surface area contributed by atoms with Crippen LogP contribution in [0.1, 0.15) is 6.42 Å². The van der Waals surface area contributed by atoms with Crippen LogP contribution in [-0.2, 0) is 0 Å². The highest BCUT2D eigenvalue weighted by Gasteiger charge is 2.23. The van der Waals surface area contributed by atoms with E-state index in [9.17, 15) is 0 Å². The SMILES string of the molecule is CN=C(NCC1CCN(c2cccc(OC)c2)C1)N(C)CCOc1ccccc1.I. The van der Waals surface area contributed by atoms with Crippen molar-refractivity contribution in [2.75, 3.05) is 58.9 Å². The van der Waals surface area contributed by atoms with Gasteiger partial charge in [0.05, 0.1) is 13.7 Å². The van der Waals surface area contributed by atoms with Gasteiger partial charge in [-0.1, -0.05) is 24.3 Å². The minimum absolute atomic E-state index is 0. The Bertz CT molecular complexity index is 788. The quantitative estimate of drug-likeness (QED) is 0.324. The number of hydrogen-bond acceptors (Lipinski definition) is 4. The lowest BCUT2D eigenvalue weighted by Gasteiger charge is -2.24. The van der Waals surface area contributed by atoms with Crippen LogP contribution < -0.4 is 19.7 Å². The standard InChI is InChI=1S/C23H32N4O2.HI/c1-24-23(26(2)14-15-29-21-9-5-4-6-10-21)25-17-19-12-13-27(18-19)20-8-7-11-22(16-20)28-3;/h4-11,16,19H,12-15,17-18H2,1-3H3,(H,24,25);1H. The molecule has 3 rings (SSSR count). The molecule has 2 aromatic rings. The summed E-state index contributed by atoms with van der Waals surface area (Å²) in [4.78, 5) is 8.95. The summed E-state index contributed by atoms with van der Waals surface area (Å²) in [6.07, 6.45) is 1.17. The summed E-state index contributed by atoms with van der Waals surface area (Å²) in [6.45, 7) is 4.41. The van der Waals surface area contributed by atoms with Crippen molar-refractivity contribution in [1.29, 1.82) is 0 Å². The van der Waals surface area contributed by atoms with Crippen LogP contribution in [-0.4, -0.2) is 64.9 Å². The van der Waals surface area contributed by atoms with Crippen molar-refractivity contribution >= 4 is 35.6 Å². The van der Waals surface area contributed by atoms with Gasteiger partial charge in [-0.25, -0.2) is 0 Å². The van der Waals surface area contributed by atoms with Gasteiger partial charge in [0.2, 0.25) is 0 Å². The molecule has 1 unspecified atom stereocenters. The Morgan fingerprint density at radius 2 is 1.93 bits per heavy atom. The Hall–Kier alpha value is -2.16. The number of likely N-dealkylation sites (N-methyl/N-ethyl adjacent to an activating group) is 1. The maximum Gasteiger partial charge on any atom is 0.193 e. The minimum atomic E-state index is 0. The van der Waals surface area contributed by atoms with E-state index < -0.39 is 0 Å². The average Bonchev–Trinajstić information content (AvgIpc) is 3.24. The summed E-state index contributed by atoms with van der Waals surface area (Å²) < 4.78 is 11.1. The molecule has 164 valence electrons. The number of guanidine groups is 1. The van der Waals surface area contributed by atoms with Crippen LogP contribution in [0.25, 0.3) is 0 Å². The van der Waals surface area contributed by atoms with Gasteiger partial charge in [-0.15, -0.1) is 24.0 Å². The van der Waals surface area contributed by atoms with E-state index in [1.807, 2.05) is 56.6 Å². The Labute approximate surface area is 197 Å². The molecule has 7 heteroatoms. The first-order valence-electron chi connectivity index (χ1n) is 10.2. The lowest BCUT2D eigenvalue weighted by molar-refractivity contribution is 0.281. The molecular formula is C23H33IN4O2. The molecule has 0 radical (unpaired) electrons. The summed E-state index contributed by atoms with van der Waals surface area (Å²) in [5.41, 5.74) is 1.23. The van der Waals surface area contributed by atoms with Crippen LogP contribution in [0.3, 0.4) is 0 Å². The lowest BCUT2D eigenvalue weighted by atomic mass is 10.1. The second kappa shape index (κ2) is 12.5. The molecule has 1 heterocycles. The lowest BCUT2D eigenvalue weighted by Crippen LogP contribution is -2.43. The van der Waals surface area contributed by atoms with Gasteiger partial charge in [-0.3, -0.25) is 4.99 Å². The molecular weight excluding hydrogens is 491 g/mol. The fourth-order valence-electron chi connectivity index (χ4n) is 3.58. The molecule has 0 spiro atoms. The van der Waals surface area contributed by atoms with Gasteiger partial charge in [-0.05, 0) is 36.6 Å². The maximum absolute atomic E-state index is 5.79. The number of rotatable bonds is 8. The Morgan fingerprint density at radius 1 is 1.17 bits per heavy atom. The average molecular weight is 524 g/mol. The molecule has 1 aliphatic heterocycles. The highest BCUT2D eigenvalue weighted by Crippen LogP contribution is 2.26. The number of halogens is 1. The number of hydrogen-bond donors (Lipinski definition) is 1. The molecule has 1 atom stereocenters. The van der Waals surface area contributed by atoms with Crippen molar-refractivity contribution in [3.63, 3.8) is 0 Å². The summed E-state index contributed by atoms with van der Waals surface area (Å²) in [5, 5.41) is 3.52. The Balaban J connectivity index is 0.00000320. The van der Waals surface area contributed by atoms with Gasteiger partial charge >= 0.3 is 0 Å². The van der Waals surface area contributed by atoms with Gasteiger partial charge in [0.15, 0.2) is 5.96 Å². The van der Waals surface area contributed by atoms with Crippen LogP contribution >= 0.6 is 24.0 Å². The molecule has 1 fully saturated rings. The second-order valence-electron chi connectivity index (χ2n) is 7.31. The zero-order chi connectivity index (χ0) is 20.5. The van der Waals surface area contributed by atoms with Gasteiger partial charge in [0, 0.05) is 45.5 Å². The van der Waals surface area contributed by atoms with E-state index in [0.29, 0.717) is 12.5 Å². The number of aliphatic imine (C=N–C) groups is 1. The third-order valence-electron chi connectivity index (χ3n) is 5.27. The van der Waals surface area contributed by atoms with E-state index in [2.05, 4.69) is 32.2 Å². The van der Waals surface area contributed by atoms with Gasteiger partial charge in [0.25, 0.3) is 0 Å². The van der Waals surface area contributed by atoms with Crippen molar-refractivity contribution in [2.45, 2.75) is 6.42 Å². The van der Waals surface area contributed by atoms with Crippen LogP contribution in [0.5, 0.6) is 11.5 Å². The first-order chi connectivity index (χ1) is 14.2. The van der Waals surface area contributed by atoms with Gasteiger partial charge < -0.3 is 24.6 Å². The number of methoxy groups -OCH3 is 1. The Morgan fingerprint density at radius 3 is 2.67 bits per heavy atom. The highest BCUT2D eigenvalue weighted by molar-refractivity contribution is 14.0. The van der Waals surface area contributed by atoms with Crippen molar-refractivity contribution in [3.05, 3.63) is 54.6 Å². The molecule has 0 amide bonds. The van der Waals surface area contributed by atoms with Crippen LogP contribution in [0.15, 0.2) is 59.6 Å². The largest absolute Gasteiger partial charge is 0.497 e. The first kappa shape index (κ1) is 24.1. The minimum Gasteiger partial charge on any atom is -0.497 e. The normalized spacial score (nSPS) is 16.0. The first-order valence-corrected chi connectivity index (χ1v) is 10.2. The van der Waals surface area contributed by atoms with Crippen molar-refractivity contribution in [3.8, 4) is 11.5 Å². The van der Waals surface area contributed by atoms with Gasteiger partial charge in [-0.2, -0.15) is 0 Å².